The lowest BCUT2D eigenvalue weighted by Gasteiger charge is -2.40. The van der Waals surface area contributed by atoms with Crippen molar-refractivity contribution in [3.05, 3.63) is 24.3 Å². The summed E-state index contributed by atoms with van der Waals surface area (Å²) >= 11 is 0. The predicted molar refractivity (Wildman–Crippen MR) is 332 cm³/mol. The highest BCUT2D eigenvalue weighted by Gasteiger charge is 2.44. The van der Waals surface area contributed by atoms with E-state index in [9.17, 15) is 30.3 Å². The lowest BCUT2D eigenvalue weighted by molar-refractivity contribution is -0.302. The van der Waals surface area contributed by atoms with Crippen molar-refractivity contribution in [3.8, 4) is 0 Å². The van der Waals surface area contributed by atoms with Crippen molar-refractivity contribution in [2.75, 3.05) is 13.2 Å². The molecule has 1 saturated heterocycles. The molecule has 1 rings (SSSR count). The summed E-state index contributed by atoms with van der Waals surface area (Å²) in [5, 5.41) is 54.7. The number of nitrogens with one attached hydrogen (secondary N) is 1. The molecule has 78 heavy (non-hydrogen) atoms. The molecule has 0 aromatic heterocycles. The van der Waals surface area contributed by atoms with E-state index in [0.717, 1.165) is 38.5 Å². The maximum atomic E-state index is 13.1. The minimum atomic E-state index is -1.57. The first-order valence-corrected chi connectivity index (χ1v) is 34.6. The molecule has 9 heteroatoms. The molecule has 7 atom stereocenters. The van der Waals surface area contributed by atoms with Crippen LogP contribution in [0.1, 0.15) is 354 Å². The van der Waals surface area contributed by atoms with Gasteiger partial charge in [0, 0.05) is 6.42 Å². The van der Waals surface area contributed by atoms with Crippen molar-refractivity contribution >= 4 is 5.91 Å². The van der Waals surface area contributed by atoms with Gasteiger partial charge in [-0.15, -0.1) is 0 Å². The van der Waals surface area contributed by atoms with Crippen LogP contribution in [0.3, 0.4) is 0 Å². The van der Waals surface area contributed by atoms with E-state index in [4.69, 9.17) is 9.47 Å². The first-order valence-electron chi connectivity index (χ1n) is 34.6. The normalized spacial score (nSPS) is 18.7. The van der Waals surface area contributed by atoms with E-state index < -0.39 is 49.5 Å². The number of rotatable bonds is 61. The molecule has 1 heterocycles. The fraction of sp³-hybridized carbons (Fsp3) is 0.928. The molecule has 0 bridgehead atoms. The molecule has 1 aliphatic heterocycles. The van der Waals surface area contributed by atoms with E-state index in [1.165, 1.54) is 295 Å². The van der Waals surface area contributed by atoms with Gasteiger partial charge in [0.15, 0.2) is 6.29 Å². The van der Waals surface area contributed by atoms with Crippen molar-refractivity contribution in [1.82, 2.24) is 5.32 Å². The minimum absolute atomic E-state index is 0.178. The summed E-state index contributed by atoms with van der Waals surface area (Å²) in [5.74, 6) is -0.178. The van der Waals surface area contributed by atoms with Gasteiger partial charge in [-0.3, -0.25) is 4.79 Å². The summed E-state index contributed by atoms with van der Waals surface area (Å²) < 4.78 is 11.3. The van der Waals surface area contributed by atoms with Crippen molar-refractivity contribution < 1.29 is 39.8 Å². The molecule has 1 fully saturated rings. The van der Waals surface area contributed by atoms with Gasteiger partial charge in [0.2, 0.25) is 5.91 Å². The number of aliphatic hydroxyl groups excluding tert-OH is 5. The maximum absolute atomic E-state index is 13.1. The van der Waals surface area contributed by atoms with Gasteiger partial charge in [0.05, 0.1) is 25.4 Å². The molecule has 0 spiro atoms. The van der Waals surface area contributed by atoms with Crippen LogP contribution in [-0.2, 0) is 14.3 Å². The molecule has 0 saturated carbocycles. The minimum Gasteiger partial charge on any atom is -0.394 e. The van der Waals surface area contributed by atoms with E-state index in [2.05, 4.69) is 31.3 Å². The maximum Gasteiger partial charge on any atom is 0.220 e. The quantitative estimate of drug-likeness (QED) is 0.0261. The van der Waals surface area contributed by atoms with Crippen LogP contribution < -0.4 is 5.32 Å². The second kappa shape index (κ2) is 58.9. The molecule has 9 nitrogen and oxygen atoms in total. The van der Waals surface area contributed by atoms with Crippen LogP contribution in [0, 0.1) is 0 Å². The summed E-state index contributed by atoms with van der Waals surface area (Å²) in [6, 6.07) is -0.820. The van der Waals surface area contributed by atoms with Gasteiger partial charge >= 0.3 is 0 Å². The Morgan fingerprint density at radius 2 is 0.731 bits per heavy atom. The number of ether oxygens (including phenoxy) is 2. The number of carbonyl (C=O) groups is 1. The molecule has 7 unspecified atom stereocenters. The van der Waals surface area contributed by atoms with Crippen LogP contribution in [0.5, 0.6) is 0 Å². The van der Waals surface area contributed by atoms with Crippen molar-refractivity contribution in [1.29, 1.82) is 0 Å². The zero-order chi connectivity index (χ0) is 56.5. The number of hydrogen-bond donors (Lipinski definition) is 6. The van der Waals surface area contributed by atoms with E-state index in [-0.39, 0.29) is 12.5 Å². The lowest BCUT2D eigenvalue weighted by Crippen LogP contribution is -2.60. The highest BCUT2D eigenvalue weighted by Crippen LogP contribution is 2.23. The van der Waals surface area contributed by atoms with Crippen LogP contribution in [0.15, 0.2) is 24.3 Å². The fourth-order valence-electron chi connectivity index (χ4n) is 11.4. The molecule has 0 radical (unpaired) electrons. The largest absolute Gasteiger partial charge is 0.394 e. The first kappa shape index (κ1) is 74.7. The Balaban J connectivity index is 2.14. The van der Waals surface area contributed by atoms with Gasteiger partial charge in [-0.2, -0.15) is 0 Å². The van der Waals surface area contributed by atoms with Gasteiger partial charge in [-0.25, -0.2) is 0 Å². The summed E-state index contributed by atoms with van der Waals surface area (Å²) in [5.41, 5.74) is 0. The molecular formula is C69H133NO8. The molecule has 0 aromatic rings. The van der Waals surface area contributed by atoms with E-state index >= 15 is 0 Å². The molecule has 6 N–H and O–H groups in total. The zero-order valence-corrected chi connectivity index (χ0v) is 51.7. The highest BCUT2D eigenvalue weighted by atomic mass is 16.7. The van der Waals surface area contributed by atoms with E-state index in [1.54, 1.807) is 6.08 Å². The monoisotopic (exact) mass is 1100 g/mol. The predicted octanol–water partition coefficient (Wildman–Crippen LogP) is 18.5. The summed E-state index contributed by atoms with van der Waals surface area (Å²) in [6.07, 6.45) is 70.0. The van der Waals surface area contributed by atoms with E-state index in [0.29, 0.717) is 6.42 Å². The number of hydrogen-bond acceptors (Lipinski definition) is 8. The van der Waals surface area contributed by atoms with Crippen LogP contribution in [-0.4, -0.2) is 87.5 Å². The third kappa shape index (κ3) is 47.2. The van der Waals surface area contributed by atoms with Crippen molar-refractivity contribution in [2.24, 2.45) is 0 Å². The summed E-state index contributed by atoms with van der Waals surface area (Å²) in [7, 11) is 0. The SMILES string of the molecule is CCCCCCCCCCCCCCCCCCCCCC/C=C/CC/C=C/C(O)C(COC1OC(CO)C(O)C(O)C1O)NC(=O)CCCCCCCCCCCCCCCCCCCCCCCCCCCCCCC. The standard InChI is InChI=1S/C69H133NO8/c1-3-5-7-9-11-13-15-17-19-21-23-25-27-29-31-32-33-35-37-39-41-43-45-47-49-51-53-55-57-59-65(73)70-62(61-77-69-68(76)67(75)66(74)64(60-71)78-69)63(72)58-56-54-52-50-48-46-44-42-40-38-36-34-30-28-26-24-22-20-18-16-14-12-10-8-6-4-2/h48,50,56,58,62-64,66-69,71-72,74-76H,3-47,49,51-55,57,59-61H2,1-2H3,(H,70,73)/b50-48+,58-56+. The molecule has 462 valence electrons. The average molecular weight is 1100 g/mol. The Labute approximate surface area is 483 Å². The Morgan fingerprint density at radius 1 is 0.423 bits per heavy atom. The molecule has 0 aliphatic carbocycles. The van der Waals surface area contributed by atoms with Gasteiger partial charge in [-0.05, 0) is 32.1 Å². The number of unbranched alkanes of at least 4 members (excludes halogenated alkanes) is 49. The Bertz CT molecular complexity index is 1280. The van der Waals surface area contributed by atoms with Gasteiger partial charge in [0.25, 0.3) is 0 Å². The molecule has 1 amide bonds. The number of allylic oxidation sites excluding steroid dienone is 3. The topological polar surface area (TPSA) is 149 Å². The number of amides is 1. The lowest BCUT2D eigenvalue weighted by atomic mass is 9.99. The third-order valence-electron chi connectivity index (χ3n) is 16.8. The van der Waals surface area contributed by atoms with Gasteiger partial charge in [-0.1, -0.05) is 340 Å². The zero-order valence-electron chi connectivity index (χ0n) is 51.7. The molecular weight excluding hydrogens is 971 g/mol. The highest BCUT2D eigenvalue weighted by molar-refractivity contribution is 5.76. The van der Waals surface area contributed by atoms with Crippen LogP contribution >= 0.6 is 0 Å². The van der Waals surface area contributed by atoms with Crippen LogP contribution in [0.25, 0.3) is 0 Å². The van der Waals surface area contributed by atoms with Crippen LogP contribution in [0.2, 0.25) is 0 Å². The van der Waals surface area contributed by atoms with E-state index in [1.807, 2.05) is 6.08 Å². The third-order valence-corrected chi connectivity index (χ3v) is 16.8. The van der Waals surface area contributed by atoms with Crippen molar-refractivity contribution in [3.63, 3.8) is 0 Å². The van der Waals surface area contributed by atoms with Crippen LogP contribution in [0.4, 0.5) is 0 Å². The van der Waals surface area contributed by atoms with Gasteiger partial charge < -0.3 is 40.3 Å². The number of carbonyl (C=O) groups excluding carboxylic acids is 1. The summed E-state index contributed by atoms with van der Waals surface area (Å²) in [4.78, 5) is 13.1. The average Bonchev–Trinajstić information content (AvgIpc) is 3.45. The second-order valence-corrected chi connectivity index (χ2v) is 24.3. The Hall–Kier alpha value is -1.33. The van der Waals surface area contributed by atoms with Gasteiger partial charge in [0.1, 0.15) is 24.4 Å². The Kier molecular flexibility index (Phi) is 56.3. The fourth-order valence-corrected chi connectivity index (χ4v) is 11.4. The molecule has 1 aliphatic rings. The number of aliphatic hydroxyl groups is 5. The molecule has 0 aromatic carbocycles. The summed E-state index contributed by atoms with van der Waals surface area (Å²) in [6.45, 7) is 3.82. The second-order valence-electron chi connectivity index (χ2n) is 24.3. The van der Waals surface area contributed by atoms with Crippen molar-refractivity contribution in [2.45, 2.75) is 397 Å². The smallest absolute Gasteiger partial charge is 0.220 e. The Morgan fingerprint density at radius 3 is 1.08 bits per heavy atom. The first-order chi connectivity index (χ1) is 38.3.